The lowest BCUT2D eigenvalue weighted by atomic mass is 10.3. The molecule has 124 valence electrons. The summed E-state index contributed by atoms with van der Waals surface area (Å²) in [5.41, 5.74) is 2.95. The molecule has 0 atom stereocenters. The zero-order chi connectivity index (χ0) is 17.4. The molecule has 7 nitrogen and oxygen atoms in total. The van der Waals surface area contributed by atoms with Crippen molar-refractivity contribution in [1.82, 2.24) is 20.0 Å². The molecule has 0 aliphatic rings. The summed E-state index contributed by atoms with van der Waals surface area (Å²) < 4.78 is 23.3. The van der Waals surface area contributed by atoms with Crippen molar-refractivity contribution in [2.75, 3.05) is 6.26 Å². The third-order valence-electron chi connectivity index (χ3n) is 2.66. The van der Waals surface area contributed by atoms with Crippen LogP contribution in [0.5, 0.6) is 0 Å². The van der Waals surface area contributed by atoms with Crippen LogP contribution in [0.2, 0.25) is 15.1 Å². The molecule has 1 amide bonds. The van der Waals surface area contributed by atoms with Gasteiger partial charge in [-0.1, -0.05) is 34.8 Å². The summed E-state index contributed by atoms with van der Waals surface area (Å²) in [5.74, 6) is -0.724. The van der Waals surface area contributed by atoms with Gasteiger partial charge in [0, 0.05) is 10.7 Å². The van der Waals surface area contributed by atoms with Crippen molar-refractivity contribution in [3.63, 3.8) is 0 Å². The summed E-state index contributed by atoms with van der Waals surface area (Å²) in [6.45, 7) is 1.69. The maximum absolute atomic E-state index is 11.9. The van der Waals surface area contributed by atoms with Crippen molar-refractivity contribution in [3.05, 3.63) is 44.7 Å². The van der Waals surface area contributed by atoms with E-state index >= 15 is 0 Å². The second kappa shape index (κ2) is 6.66. The minimum Gasteiger partial charge on any atom is -0.272 e. The lowest BCUT2D eigenvalue weighted by Crippen LogP contribution is -2.41. The number of carbonyl (C=O) groups excluding carboxylic acids is 1. The highest BCUT2D eigenvalue weighted by Gasteiger charge is 2.18. The Morgan fingerprint density at radius 1 is 1.17 bits per heavy atom. The van der Waals surface area contributed by atoms with E-state index in [0.717, 1.165) is 6.26 Å². The number of rotatable bonds is 4. The third-order valence-corrected chi connectivity index (χ3v) is 3.93. The molecule has 2 N–H and O–H groups in total. The minimum absolute atomic E-state index is 0.0132. The predicted octanol–water partition coefficient (Wildman–Crippen LogP) is 2.33. The summed E-state index contributed by atoms with van der Waals surface area (Å²) in [6, 6.07) is 4.45. The first-order chi connectivity index (χ1) is 10.6. The summed E-state index contributed by atoms with van der Waals surface area (Å²) >= 11 is 18.1. The van der Waals surface area contributed by atoms with Gasteiger partial charge < -0.3 is 0 Å². The molecule has 0 spiro atoms. The van der Waals surface area contributed by atoms with Gasteiger partial charge in [0.1, 0.15) is 5.69 Å². The van der Waals surface area contributed by atoms with Crippen LogP contribution in [0.1, 0.15) is 16.2 Å². The van der Waals surface area contributed by atoms with Crippen LogP contribution in [0.3, 0.4) is 0 Å². The van der Waals surface area contributed by atoms with E-state index in [1.54, 1.807) is 6.92 Å². The van der Waals surface area contributed by atoms with Crippen molar-refractivity contribution in [2.45, 2.75) is 6.92 Å². The zero-order valence-electron chi connectivity index (χ0n) is 11.9. The van der Waals surface area contributed by atoms with Crippen LogP contribution >= 0.6 is 34.8 Å². The molecule has 0 aliphatic carbocycles. The lowest BCUT2D eigenvalue weighted by Gasteiger charge is -2.09. The summed E-state index contributed by atoms with van der Waals surface area (Å²) in [6.07, 6.45) is 0.907. The molecule has 11 heteroatoms. The molecule has 0 bridgehead atoms. The number of halogens is 3. The van der Waals surface area contributed by atoms with Crippen molar-refractivity contribution in [2.24, 2.45) is 0 Å². The van der Waals surface area contributed by atoms with Gasteiger partial charge >= 0.3 is 0 Å². The van der Waals surface area contributed by atoms with Crippen LogP contribution in [0, 0.1) is 6.92 Å². The second-order valence-electron chi connectivity index (χ2n) is 4.63. The van der Waals surface area contributed by atoms with Gasteiger partial charge in [-0.2, -0.15) is 5.10 Å². The molecule has 23 heavy (non-hydrogen) atoms. The molecule has 0 aliphatic heterocycles. The number of hydrogen-bond acceptors (Lipinski definition) is 4. The van der Waals surface area contributed by atoms with Crippen molar-refractivity contribution in [1.29, 1.82) is 0 Å². The van der Waals surface area contributed by atoms with Crippen LogP contribution in [-0.4, -0.2) is 30.4 Å². The van der Waals surface area contributed by atoms with E-state index in [-0.39, 0.29) is 15.7 Å². The first kappa shape index (κ1) is 18.0. The van der Waals surface area contributed by atoms with Crippen molar-refractivity contribution < 1.29 is 13.2 Å². The monoisotopic (exact) mass is 396 g/mol. The first-order valence-electron chi connectivity index (χ1n) is 6.07. The highest BCUT2D eigenvalue weighted by molar-refractivity contribution is 7.88. The summed E-state index contributed by atoms with van der Waals surface area (Å²) in [5, 5.41) is 4.97. The van der Waals surface area contributed by atoms with Gasteiger partial charge in [0.2, 0.25) is 10.0 Å². The molecule has 0 unspecified atom stereocenters. The molecule has 1 heterocycles. The number of carbonyl (C=O) groups is 1. The van der Waals surface area contributed by atoms with E-state index in [2.05, 4.69) is 5.10 Å². The fourth-order valence-corrected chi connectivity index (χ4v) is 3.01. The maximum atomic E-state index is 11.9. The Morgan fingerprint density at radius 2 is 1.74 bits per heavy atom. The van der Waals surface area contributed by atoms with E-state index in [4.69, 9.17) is 34.8 Å². The third kappa shape index (κ3) is 4.36. The quantitative estimate of drug-likeness (QED) is 0.774. The topological polar surface area (TPSA) is 93.1 Å². The second-order valence-corrected chi connectivity index (χ2v) is 7.63. The summed E-state index contributed by atoms with van der Waals surface area (Å²) in [7, 11) is -3.57. The average Bonchev–Trinajstić information content (AvgIpc) is 2.76. The minimum atomic E-state index is -3.57. The van der Waals surface area contributed by atoms with Crippen LogP contribution in [0.25, 0.3) is 5.69 Å². The Balaban J connectivity index is 2.38. The molecule has 2 aromatic rings. The molecule has 0 fully saturated rings. The molecule has 0 saturated carbocycles. The number of nitrogens with zero attached hydrogens (tertiary/aromatic N) is 2. The van der Waals surface area contributed by atoms with Crippen molar-refractivity contribution >= 4 is 50.7 Å². The molecular formula is C12H11Cl3N4O3S. The number of hydrazine groups is 1. The van der Waals surface area contributed by atoms with Gasteiger partial charge in [-0.25, -0.2) is 13.1 Å². The van der Waals surface area contributed by atoms with E-state index in [0.29, 0.717) is 16.4 Å². The van der Waals surface area contributed by atoms with Crippen LogP contribution in [-0.2, 0) is 10.0 Å². The number of aromatic nitrogens is 2. The molecule has 0 radical (unpaired) electrons. The fourth-order valence-electron chi connectivity index (χ4n) is 1.75. The average molecular weight is 398 g/mol. The van der Waals surface area contributed by atoms with Gasteiger partial charge in [0.05, 0.1) is 16.3 Å². The van der Waals surface area contributed by atoms with Crippen LogP contribution in [0.4, 0.5) is 0 Å². The number of amides is 1. The van der Waals surface area contributed by atoms with Gasteiger partial charge in [-0.15, -0.1) is 4.83 Å². The van der Waals surface area contributed by atoms with Crippen molar-refractivity contribution in [3.8, 4) is 5.69 Å². The Labute approximate surface area is 147 Å². The first-order valence-corrected chi connectivity index (χ1v) is 9.09. The Hall–Kier alpha value is -1.32. The van der Waals surface area contributed by atoms with Crippen LogP contribution in [0.15, 0.2) is 18.2 Å². The van der Waals surface area contributed by atoms with E-state index < -0.39 is 15.9 Å². The van der Waals surface area contributed by atoms with E-state index in [1.807, 2.05) is 10.3 Å². The van der Waals surface area contributed by atoms with Gasteiger partial charge in [0.25, 0.3) is 5.91 Å². The zero-order valence-corrected chi connectivity index (χ0v) is 15.0. The van der Waals surface area contributed by atoms with Gasteiger partial charge in [-0.05, 0) is 25.1 Å². The van der Waals surface area contributed by atoms with Gasteiger partial charge in [-0.3, -0.25) is 10.2 Å². The smallest absolute Gasteiger partial charge is 0.272 e. The standard InChI is InChI=1S/C12H11Cl3N4O3S/c1-6-3-10(12(20)16-18-23(2,21)22)17-19(6)11-8(14)4-7(13)5-9(11)15/h3-5,18H,1-2H3,(H,16,20). The highest BCUT2D eigenvalue weighted by atomic mass is 35.5. The van der Waals surface area contributed by atoms with Gasteiger partial charge in [0.15, 0.2) is 5.69 Å². The maximum Gasteiger partial charge on any atom is 0.286 e. The van der Waals surface area contributed by atoms with E-state index in [9.17, 15) is 13.2 Å². The Kier molecular flexibility index (Phi) is 5.22. The SMILES string of the molecule is Cc1cc(C(=O)NNS(C)(=O)=O)nn1-c1c(Cl)cc(Cl)cc1Cl. The Bertz CT molecular complexity index is 857. The molecule has 1 aromatic heterocycles. The molecule has 1 aromatic carbocycles. The van der Waals surface area contributed by atoms with Crippen LogP contribution < -0.4 is 10.3 Å². The molecular weight excluding hydrogens is 387 g/mol. The normalized spacial score (nSPS) is 11.5. The fraction of sp³-hybridized carbons (Fsp3) is 0.167. The predicted molar refractivity (Wildman–Crippen MR) is 88.8 cm³/mol. The highest BCUT2D eigenvalue weighted by Crippen LogP contribution is 2.32. The molecule has 2 rings (SSSR count). The lowest BCUT2D eigenvalue weighted by molar-refractivity contribution is 0.0939. The molecule has 0 saturated heterocycles. The largest absolute Gasteiger partial charge is 0.286 e. The number of hydrogen-bond donors (Lipinski definition) is 2. The number of benzene rings is 1. The Morgan fingerprint density at radius 3 is 2.26 bits per heavy atom. The van der Waals surface area contributed by atoms with E-state index in [1.165, 1.54) is 22.9 Å². The number of sulfonamides is 1. The number of nitrogens with one attached hydrogen (secondary N) is 2. The summed E-state index contributed by atoms with van der Waals surface area (Å²) in [4.78, 5) is 13.8. The number of aryl methyl sites for hydroxylation is 1.